The summed E-state index contributed by atoms with van der Waals surface area (Å²) in [6, 6.07) is 18.7. The van der Waals surface area contributed by atoms with Gasteiger partial charge in [-0.2, -0.15) is 0 Å². The molecule has 0 bridgehead atoms. The highest BCUT2D eigenvalue weighted by molar-refractivity contribution is 5.91. The monoisotopic (exact) mass is 377 g/mol. The predicted octanol–water partition coefficient (Wildman–Crippen LogP) is 3.86. The van der Waals surface area contributed by atoms with Crippen LogP contribution in [-0.4, -0.2) is 34.9 Å². The van der Waals surface area contributed by atoms with E-state index in [2.05, 4.69) is 15.2 Å². The van der Waals surface area contributed by atoms with Crippen LogP contribution in [0.15, 0.2) is 71.3 Å². The Balaban J connectivity index is 1.32. The first-order chi connectivity index (χ1) is 13.8. The molecule has 0 saturated carbocycles. The van der Waals surface area contributed by atoms with Gasteiger partial charge in [-0.1, -0.05) is 24.3 Å². The Kier molecular flexibility index (Phi) is 5.68. The van der Waals surface area contributed by atoms with Crippen molar-refractivity contribution in [3.05, 3.63) is 78.3 Å². The van der Waals surface area contributed by atoms with Crippen molar-refractivity contribution in [2.45, 2.75) is 25.4 Å². The fourth-order valence-electron chi connectivity index (χ4n) is 3.40. The summed E-state index contributed by atoms with van der Waals surface area (Å²) in [5, 5.41) is 3.08. The van der Waals surface area contributed by atoms with Gasteiger partial charge in [0, 0.05) is 31.4 Å². The quantitative estimate of drug-likeness (QED) is 0.706. The van der Waals surface area contributed by atoms with Crippen LogP contribution in [0, 0.1) is 0 Å². The largest absolute Gasteiger partial charge is 0.426 e. The number of likely N-dealkylation sites (tertiary alicyclic amines) is 1. The van der Waals surface area contributed by atoms with E-state index in [1.54, 1.807) is 12.1 Å². The minimum absolute atomic E-state index is 0.0913. The fraction of sp³-hybridized carbons (Fsp3) is 0.273. The lowest BCUT2D eigenvalue weighted by atomic mass is 10.1. The second kappa shape index (κ2) is 8.71. The van der Waals surface area contributed by atoms with Gasteiger partial charge in [0.25, 0.3) is 11.9 Å². The molecule has 2 aromatic heterocycles. The molecule has 1 aromatic carbocycles. The van der Waals surface area contributed by atoms with E-state index in [4.69, 9.17) is 9.15 Å². The predicted molar refractivity (Wildman–Crippen MR) is 105 cm³/mol. The van der Waals surface area contributed by atoms with Crippen LogP contribution < -0.4 is 10.1 Å². The van der Waals surface area contributed by atoms with Crippen molar-refractivity contribution >= 4 is 5.91 Å². The van der Waals surface area contributed by atoms with Gasteiger partial charge in [-0.15, -0.1) is 0 Å². The number of aromatic nitrogens is 1. The smallest absolute Gasteiger partial charge is 0.290 e. The number of carbonyl (C=O) groups excluding carboxylic acids is 1. The van der Waals surface area contributed by atoms with E-state index >= 15 is 0 Å². The van der Waals surface area contributed by atoms with Crippen molar-refractivity contribution in [3.63, 3.8) is 0 Å². The van der Waals surface area contributed by atoms with Crippen LogP contribution in [-0.2, 0) is 6.54 Å². The van der Waals surface area contributed by atoms with Gasteiger partial charge in [-0.3, -0.25) is 14.7 Å². The molecule has 6 nitrogen and oxygen atoms in total. The molecule has 1 aliphatic rings. The Morgan fingerprint density at radius 2 is 2.00 bits per heavy atom. The summed E-state index contributed by atoms with van der Waals surface area (Å²) in [7, 11) is 0. The maximum absolute atomic E-state index is 12.6. The molecule has 0 spiro atoms. The van der Waals surface area contributed by atoms with Crippen LogP contribution in [0.4, 0.5) is 0 Å². The lowest BCUT2D eigenvalue weighted by Crippen LogP contribution is -2.47. The molecular formula is C22H23N3O3. The number of nitrogens with one attached hydrogen (secondary N) is 1. The minimum atomic E-state index is -0.215. The molecule has 1 saturated heterocycles. The first kappa shape index (κ1) is 18.3. The Morgan fingerprint density at radius 1 is 1.14 bits per heavy atom. The van der Waals surface area contributed by atoms with Gasteiger partial charge in [0.05, 0.1) is 5.69 Å². The van der Waals surface area contributed by atoms with E-state index in [9.17, 15) is 4.79 Å². The molecule has 3 heterocycles. The third-order valence-corrected chi connectivity index (χ3v) is 4.72. The van der Waals surface area contributed by atoms with E-state index in [0.717, 1.165) is 38.2 Å². The number of piperidine rings is 1. The Hall–Kier alpha value is -3.12. The number of hydrogen-bond donors (Lipinski definition) is 1. The lowest BCUT2D eigenvalue weighted by molar-refractivity contribution is 0.0867. The molecule has 1 amide bonds. The third kappa shape index (κ3) is 4.78. The van der Waals surface area contributed by atoms with Crippen molar-refractivity contribution in [1.82, 2.24) is 15.2 Å². The average molecular weight is 377 g/mol. The van der Waals surface area contributed by atoms with Crippen LogP contribution in [0.2, 0.25) is 0 Å². The van der Waals surface area contributed by atoms with Crippen LogP contribution >= 0.6 is 0 Å². The molecule has 1 fully saturated rings. The lowest BCUT2D eigenvalue weighted by Gasteiger charge is -2.32. The number of benzene rings is 1. The molecule has 3 aromatic rings. The van der Waals surface area contributed by atoms with Gasteiger partial charge in [0.1, 0.15) is 5.75 Å². The summed E-state index contributed by atoms with van der Waals surface area (Å²) in [4.78, 5) is 19.3. The van der Waals surface area contributed by atoms with Crippen molar-refractivity contribution in [2.24, 2.45) is 0 Å². The number of rotatable bonds is 6. The zero-order chi connectivity index (χ0) is 19.2. The zero-order valence-corrected chi connectivity index (χ0v) is 15.6. The van der Waals surface area contributed by atoms with Gasteiger partial charge in [0.15, 0.2) is 5.76 Å². The molecule has 1 aliphatic heterocycles. The van der Waals surface area contributed by atoms with Crippen molar-refractivity contribution in [2.75, 3.05) is 13.1 Å². The molecule has 4 rings (SSSR count). The molecule has 1 atom stereocenters. The van der Waals surface area contributed by atoms with E-state index in [-0.39, 0.29) is 17.7 Å². The number of amides is 1. The first-order valence-corrected chi connectivity index (χ1v) is 9.52. The van der Waals surface area contributed by atoms with E-state index in [0.29, 0.717) is 11.7 Å². The molecule has 0 aliphatic carbocycles. The van der Waals surface area contributed by atoms with Crippen molar-refractivity contribution < 1.29 is 13.9 Å². The normalized spacial score (nSPS) is 17.2. The van der Waals surface area contributed by atoms with E-state index in [1.165, 1.54) is 0 Å². The molecule has 6 heteroatoms. The van der Waals surface area contributed by atoms with Crippen molar-refractivity contribution in [3.8, 4) is 11.7 Å². The number of nitrogens with zero attached hydrogens (tertiary/aromatic N) is 2. The van der Waals surface area contributed by atoms with Crippen LogP contribution in [0.5, 0.6) is 11.7 Å². The summed E-state index contributed by atoms with van der Waals surface area (Å²) in [5.41, 5.74) is 1.04. The summed E-state index contributed by atoms with van der Waals surface area (Å²) in [5.74, 6) is 1.01. The fourth-order valence-corrected chi connectivity index (χ4v) is 3.40. The maximum Gasteiger partial charge on any atom is 0.290 e. The highest BCUT2D eigenvalue weighted by Crippen LogP contribution is 2.23. The molecule has 144 valence electrons. The Bertz CT molecular complexity index is 896. The second-order valence-corrected chi connectivity index (χ2v) is 6.90. The van der Waals surface area contributed by atoms with E-state index in [1.807, 2.05) is 54.7 Å². The van der Waals surface area contributed by atoms with Gasteiger partial charge in [-0.25, -0.2) is 0 Å². The SMILES string of the molecule is O=C(N[C@@H]1CCCN(Cc2ccccn2)C1)c1ccc(Oc2ccccc2)o1. The number of carbonyl (C=O) groups is 1. The van der Waals surface area contributed by atoms with Crippen LogP contribution in [0.25, 0.3) is 0 Å². The molecular weight excluding hydrogens is 354 g/mol. The van der Waals surface area contributed by atoms with E-state index < -0.39 is 0 Å². The van der Waals surface area contributed by atoms with Crippen molar-refractivity contribution in [1.29, 1.82) is 0 Å². The van der Waals surface area contributed by atoms with Crippen LogP contribution in [0.1, 0.15) is 29.1 Å². The number of pyridine rings is 1. The number of furan rings is 1. The summed E-state index contributed by atoms with van der Waals surface area (Å²) < 4.78 is 11.2. The molecule has 28 heavy (non-hydrogen) atoms. The highest BCUT2D eigenvalue weighted by Gasteiger charge is 2.23. The van der Waals surface area contributed by atoms with Gasteiger partial charge in [-0.05, 0) is 49.7 Å². The Labute approximate surface area is 164 Å². The maximum atomic E-state index is 12.6. The highest BCUT2D eigenvalue weighted by atomic mass is 16.6. The standard InChI is InChI=1S/C22H23N3O3/c26-22(20-11-12-21(28-20)27-19-9-2-1-3-10-19)24-18-8-6-14-25(16-18)15-17-7-4-5-13-23-17/h1-5,7,9-13,18H,6,8,14-16H2,(H,24,26)/t18-/m1/s1. The molecule has 0 radical (unpaired) electrons. The molecule has 1 N–H and O–H groups in total. The van der Waals surface area contributed by atoms with Gasteiger partial charge >= 0.3 is 0 Å². The van der Waals surface area contributed by atoms with Gasteiger partial charge < -0.3 is 14.5 Å². The van der Waals surface area contributed by atoms with Crippen LogP contribution in [0.3, 0.4) is 0 Å². The van der Waals surface area contributed by atoms with Gasteiger partial charge in [0.2, 0.25) is 0 Å². The number of hydrogen-bond acceptors (Lipinski definition) is 5. The number of para-hydroxylation sites is 1. The molecule has 0 unspecified atom stereocenters. The average Bonchev–Trinajstić information content (AvgIpc) is 3.18. The minimum Gasteiger partial charge on any atom is -0.426 e. The number of ether oxygens (including phenoxy) is 1. The topological polar surface area (TPSA) is 67.6 Å². The summed E-state index contributed by atoms with van der Waals surface area (Å²) in [6.45, 7) is 2.61. The summed E-state index contributed by atoms with van der Waals surface area (Å²) >= 11 is 0. The second-order valence-electron chi connectivity index (χ2n) is 6.90. The first-order valence-electron chi connectivity index (χ1n) is 9.52. The summed E-state index contributed by atoms with van der Waals surface area (Å²) in [6.07, 6.45) is 3.81. The zero-order valence-electron chi connectivity index (χ0n) is 15.6. The third-order valence-electron chi connectivity index (χ3n) is 4.72. The Morgan fingerprint density at radius 3 is 2.82 bits per heavy atom.